The third kappa shape index (κ3) is 4.46. The maximum Gasteiger partial charge on any atom is 0.274 e. The summed E-state index contributed by atoms with van der Waals surface area (Å²) in [6.45, 7) is 1.23. The maximum absolute atomic E-state index is 13.0. The number of nitrogens with zero attached hydrogens (tertiary/aromatic N) is 3. The molecule has 0 fully saturated rings. The Bertz CT molecular complexity index is 995. The second-order valence-corrected chi connectivity index (χ2v) is 7.91. The number of aryl methyl sites for hydroxylation is 1. The highest BCUT2D eigenvalue weighted by molar-refractivity contribution is 5.94. The van der Waals surface area contributed by atoms with Gasteiger partial charge < -0.3 is 14.6 Å². The summed E-state index contributed by atoms with van der Waals surface area (Å²) in [5.74, 6) is 0.448. The van der Waals surface area contributed by atoms with E-state index in [2.05, 4.69) is 10.4 Å². The molecule has 2 aromatic heterocycles. The van der Waals surface area contributed by atoms with Gasteiger partial charge in [-0.1, -0.05) is 12.1 Å². The second kappa shape index (κ2) is 8.83. The third-order valence-corrected chi connectivity index (χ3v) is 5.74. The molecule has 1 aliphatic rings. The van der Waals surface area contributed by atoms with E-state index in [0.717, 1.165) is 54.8 Å². The molecule has 0 spiro atoms. The van der Waals surface area contributed by atoms with Crippen molar-refractivity contribution < 1.29 is 13.6 Å². The number of benzene rings is 1. The van der Waals surface area contributed by atoms with Crippen molar-refractivity contribution in [3.63, 3.8) is 0 Å². The van der Waals surface area contributed by atoms with Gasteiger partial charge in [0.2, 0.25) is 0 Å². The molecule has 1 unspecified atom stereocenters. The molecule has 1 N–H and O–H groups in total. The highest BCUT2D eigenvalue weighted by Gasteiger charge is 2.29. The van der Waals surface area contributed by atoms with Crippen molar-refractivity contribution in [3.8, 4) is 0 Å². The molecule has 2 heterocycles. The standard InChI is InChI=1S/C23H27FN4O2/c1-27(15-19-4-3-13-30-19)23(29)22-20-14-18(9-10-21(20)28(2)26-22)25-12-11-16-5-7-17(24)8-6-16/h3-8,13,18,25H,9-12,14-15H2,1-2H3. The van der Waals surface area contributed by atoms with Crippen molar-refractivity contribution in [1.29, 1.82) is 0 Å². The second-order valence-electron chi connectivity index (χ2n) is 7.91. The lowest BCUT2D eigenvalue weighted by molar-refractivity contribution is 0.0767. The molecule has 1 amide bonds. The summed E-state index contributed by atoms with van der Waals surface area (Å²) in [6.07, 6.45) is 5.13. The average Bonchev–Trinajstić information content (AvgIpc) is 3.37. The van der Waals surface area contributed by atoms with Crippen molar-refractivity contribution in [1.82, 2.24) is 20.0 Å². The molecule has 4 rings (SSSR count). The van der Waals surface area contributed by atoms with E-state index in [1.807, 2.05) is 36.0 Å². The molecule has 6 nitrogen and oxygen atoms in total. The number of rotatable bonds is 7. The van der Waals surface area contributed by atoms with Gasteiger partial charge in [0, 0.05) is 31.4 Å². The van der Waals surface area contributed by atoms with E-state index in [1.54, 1.807) is 18.2 Å². The third-order valence-electron chi connectivity index (χ3n) is 5.74. The van der Waals surface area contributed by atoms with Gasteiger partial charge in [0.15, 0.2) is 5.69 Å². The Kier molecular flexibility index (Phi) is 5.99. The fraction of sp³-hybridized carbons (Fsp3) is 0.391. The quantitative estimate of drug-likeness (QED) is 0.650. The van der Waals surface area contributed by atoms with Gasteiger partial charge in [0.25, 0.3) is 5.91 Å². The number of aromatic nitrogens is 2. The van der Waals surface area contributed by atoms with E-state index in [4.69, 9.17) is 4.42 Å². The predicted molar refractivity (Wildman–Crippen MR) is 112 cm³/mol. The monoisotopic (exact) mass is 410 g/mol. The zero-order valence-electron chi connectivity index (χ0n) is 17.4. The largest absolute Gasteiger partial charge is 0.467 e. The molecule has 0 saturated carbocycles. The summed E-state index contributed by atoms with van der Waals surface area (Å²) in [4.78, 5) is 14.7. The van der Waals surface area contributed by atoms with Crippen LogP contribution in [0.15, 0.2) is 47.1 Å². The summed E-state index contributed by atoms with van der Waals surface area (Å²) < 4.78 is 20.3. The van der Waals surface area contributed by atoms with Crippen LogP contribution in [0.25, 0.3) is 0 Å². The summed E-state index contributed by atoms with van der Waals surface area (Å²) in [5.41, 5.74) is 3.82. The number of halogens is 1. The predicted octanol–water partition coefficient (Wildman–Crippen LogP) is 3.11. The first-order valence-corrected chi connectivity index (χ1v) is 10.3. The first-order valence-electron chi connectivity index (χ1n) is 10.3. The van der Waals surface area contributed by atoms with Crippen LogP contribution in [-0.4, -0.2) is 40.2 Å². The van der Waals surface area contributed by atoms with Crippen LogP contribution >= 0.6 is 0 Å². The number of fused-ring (bicyclic) bond motifs is 1. The minimum absolute atomic E-state index is 0.0878. The van der Waals surface area contributed by atoms with Crippen LogP contribution < -0.4 is 5.32 Å². The van der Waals surface area contributed by atoms with Crippen LogP contribution in [0.4, 0.5) is 4.39 Å². The van der Waals surface area contributed by atoms with Crippen LogP contribution in [0.3, 0.4) is 0 Å². The fourth-order valence-corrected chi connectivity index (χ4v) is 4.10. The van der Waals surface area contributed by atoms with Crippen LogP contribution in [0.2, 0.25) is 0 Å². The first-order chi connectivity index (χ1) is 14.5. The fourth-order valence-electron chi connectivity index (χ4n) is 4.10. The van der Waals surface area contributed by atoms with Crippen molar-refractivity contribution in [2.45, 2.75) is 38.3 Å². The van der Waals surface area contributed by atoms with E-state index >= 15 is 0 Å². The maximum atomic E-state index is 13.0. The molecule has 30 heavy (non-hydrogen) atoms. The number of hydrogen-bond donors (Lipinski definition) is 1. The van der Waals surface area contributed by atoms with Gasteiger partial charge in [-0.25, -0.2) is 4.39 Å². The smallest absolute Gasteiger partial charge is 0.274 e. The van der Waals surface area contributed by atoms with Gasteiger partial charge in [-0.05, 0) is 62.1 Å². The van der Waals surface area contributed by atoms with Gasteiger partial charge in [0.1, 0.15) is 11.6 Å². The molecule has 7 heteroatoms. The van der Waals surface area contributed by atoms with Gasteiger partial charge in [-0.3, -0.25) is 9.48 Å². The van der Waals surface area contributed by atoms with E-state index < -0.39 is 0 Å². The lowest BCUT2D eigenvalue weighted by Crippen LogP contribution is -2.37. The van der Waals surface area contributed by atoms with E-state index in [-0.39, 0.29) is 11.7 Å². The lowest BCUT2D eigenvalue weighted by atomic mass is 9.91. The Labute approximate surface area is 175 Å². The Balaban J connectivity index is 1.39. The molecule has 158 valence electrons. The van der Waals surface area contributed by atoms with Crippen LogP contribution in [0, 0.1) is 5.82 Å². The molecular formula is C23H27FN4O2. The van der Waals surface area contributed by atoms with Gasteiger partial charge in [0.05, 0.1) is 12.8 Å². The summed E-state index contributed by atoms with van der Waals surface area (Å²) in [5, 5.41) is 8.14. The normalized spacial score (nSPS) is 15.8. The molecule has 3 aromatic rings. The Hall–Kier alpha value is -2.93. The van der Waals surface area contributed by atoms with Gasteiger partial charge in [-0.2, -0.15) is 5.10 Å². The molecule has 1 aliphatic carbocycles. The first kappa shape index (κ1) is 20.3. The van der Waals surface area contributed by atoms with Crippen molar-refractivity contribution in [2.75, 3.05) is 13.6 Å². The highest BCUT2D eigenvalue weighted by Crippen LogP contribution is 2.25. The number of furan rings is 1. The topological polar surface area (TPSA) is 63.3 Å². The highest BCUT2D eigenvalue weighted by atomic mass is 19.1. The zero-order valence-corrected chi connectivity index (χ0v) is 17.4. The van der Waals surface area contributed by atoms with Crippen molar-refractivity contribution in [2.24, 2.45) is 7.05 Å². The number of hydrogen-bond acceptors (Lipinski definition) is 4. The van der Waals surface area contributed by atoms with E-state index in [1.165, 1.54) is 12.1 Å². The Morgan fingerprint density at radius 1 is 1.33 bits per heavy atom. The summed E-state index contributed by atoms with van der Waals surface area (Å²) in [6, 6.07) is 10.6. The van der Waals surface area contributed by atoms with Gasteiger partial charge >= 0.3 is 0 Å². The number of carbonyl (C=O) groups is 1. The number of carbonyl (C=O) groups excluding carboxylic acids is 1. The molecule has 1 atom stereocenters. The molecule has 1 aromatic carbocycles. The molecule has 0 bridgehead atoms. The van der Waals surface area contributed by atoms with Crippen molar-refractivity contribution in [3.05, 3.63) is 76.8 Å². The Morgan fingerprint density at radius 3 is 2.87 bits per heavy atom. The molecular weight excluding hydrogens is 383 g/mol. The zero-order chi connectivity index (χ0) is 21.1. The van der Waals surface area contributed by atoms with Crippen molar-refractivity contribution >= 4 is 5.91 Å². The molecule has 0 saturated heterocycles. The van der Waals surface area contributed by atoms with Gasteiger partial charge in [-0.15, -0.1) is 0 Å². The Morgan fingerprint density at radius 2 is 2.13 bits per heavy atom. The van der Waals surface area contributed by atoms with Crippen LogP contribution in [0.1, 0.15) is 39.5 Å². The van der Waals surface area contributed by atoms with E-state index in [9.17, 15) is 9.18 Å². The lowest BCUT2D eigenvalue weighted by Gasteiger charge is -2.25. The summed E-state index contributed by atoms with van der Waals surface area (Å²) >= 11 is 0. The molecule has 0 radical (unpaired) electrons. The average molecular weight is 410 g/mol. The van der Waals surface area contributed by atoms with Crippen LogP contribution in [-0.2, 0) is 32.9 Å². The van der Waals surface area contributed by atoms with Crippen LogP contribution in [0.5, 0.6) is 0 Å². The minimum atomic E-state index is -0.211. The number of amides is 1. The molecule has 0 aliphatic heterocycles. The minimum Gasteiger partial charge on any atom is -0.467 e. The SMILES string of the molecule is CN(Cc1ccco1)C(=O)c1nn(C)c2c1CC(NCCc1ccc(F)cc1)CC2. The summed E-state index contributed by atoms with van der Waals surface area (Å²) in [7, 11) is 3.68. The number of nitrogens with one attached hydrogen (secondary N) is 1. The van der Waals surface area contributed by atoms with E-state index in [0.29, 0.717) is 18.3 Å².